The molecule has 0 aliphatic rings. The van der Waals surface area contributed by atoms with Crippen molar-refractivity contribution in [3.8, 4) is 0 Å². The van der Waals surface area contributed by atoms with Gasteiger partial charge in [-0.3, -0.25) is 9.59 Å². The Labute approximate surface area is 102 Å². The van der Waals surface area contributed by atoms with Crippen LogP contribution in [-0.2, 0) is 16.1 Å². The first-order valence-corrected chi connectivity index (χ1v) is 5.15. The lowest BCUT2D eigenvalue weighted by Gasteiger charge is -2.11. The maximum absolute atomic E-state index is 13.2. The third-order valence-electron chi connectivity index (χ3n) is 2.23. The largest absolute Gasteiger partial charge is 0.370 e. The molecule has 1 aromatic carbocycles. The number of carbonyl (C=O) groups excluding carboxylic acids is 2. The summed E-state index contributed by atoms with van der Waals surface area (Å²) < 4.78 is 25.8. The highest BCUT2D eigenvalue weighted by Gasteiger charge is 2.16. The normalized spacial score (nSPS) is 11.9. The smallest absolute Gasteiger partial charge is 0.237 e. The van der Waals surface area contributed by atoms with Crippen molar-refractivity contribution in [1.29, 1.82) is 0 Å². The fourth-order valence-corrected chi connectivity index (χ4v) is 1.29. The Bertz CT molecular complexity index is 466. The lowest BCUT2D eigenvalue weighted by molar-refractivity contribution is -0.126. The van der Waals surface area contributed by atoms with Gasteiger partial charge in [0.25, 0.3) is 0 Å². The molecule has 1 rings (SSSR count). The fourth-order valence-electron chi connectivity index (χ4n) is 1.29. The van der Waals surface area contributed by atoms with E-state index in [-0.39, 0.29) is 18.5 Å². The molecule has 0 saturated heterocycles. The van der Waals surface area contributed by atoms with Crippen LogP contribution in [0, 0.1) is 11.6 Å². The van der Waals surface area contributed by atoms with Crippen molar-refractivity contribution >= 4 is 11.8 Å². The van der Waals surface area contributed by atoms with E-state index in [9.17, 15) is 18.4 Å². The van der Waals surface area contributed by atoms with Gasteiger partial charge in [-0.05, 0) is 6.07 Å². The third kappa shape index (κ3) is 4.10. The van der Waals surface area contributed by atoms with Gasteiger partial charge < -0.3 is 16.8 Å². The molecule has 0 bridgehead atoms. The van der Waals surface area contributed by atoms with Gasteiger partial charge in [-0.15, -0.1) is 0 Å². The van der Waals surface area contributed by atoms with Crippen molar-refractivity contribution in [2.75, 3.05) is 0 Å². The topological polar surface area (TPSA) is 98.2 Å². The maximum Gasteiger partial charge on any atom is 0.237 e. The molecule has 0 radical (unpaired) electrons. The molecule has 0 heterocycles. The molecule has 0 spiro atoms. The van der Waals surface area contributed by atoms with E-state index in [1.54, 1.807) is 0 Å². The highest BCUT2D eigenvalue weighted by atomic mass is 19.1. The summed E-state index contributed by atoms with van der Waals surface area (Å²) in [7, 11) is 0. The number of amides is 2. The summed E-state index contributed by atoms with van der Waals surface area (Å²) in [6, 6.07) is 1.93. The van der Waals surface area contributed by atoms with Gasteiger partial charge in [0, 0.05) is 18.2 Å². The van der Waals surface area contributed by atoms with Crippen LogP contribution in [0.2, 0.25) is 0 Å². The molecular weight excluding hydrogens is 244 g/mol. The van der Waals surface area contributed by atoms with E-state index in [2.05, 4.69) is 5.32 Å². The number of nitrogens with two attached hydrogens (primary N) is 2. The minimum atomic E-state index is -1.08. The number of hydrogen-bond acceptors (Lipinski definition) is 3. The molecule has 18 heavy (non-hydrogen) atoms. The zero-order valence-electron chi connectivity index (χ0n) is 9.45. The van der Waals surface area contributed by atoms with Gasteiger partial charge in [0.05, 0.1) is 12.5 Å². The number of hydrogen-bond donors (Lipinski definition) is 3. The zero-order valence-corrected chi connectivity index (χ0v) is 9.45. The van der Waals surface area contributed by atoms with Gasteiger partial charge in [0.2, 0.25) is 11.8 Å². The van der Waals surface area contributed by atoms with Crippen LogP contribution in [-0.4, -0.2) is 17.9 Å². The Hall–Kier alpha value is -2.02. The van der Waals surface area contributed by atoms with E-state index < -0.39 is 29.5 Å². The summed E-state index contributed by atoms with van der Waals surface area (Å²) in [4.78, 5) is 21.9. The Morgan fingerprint density at radius 3 is 2.56 bits per heavy atom. The molecule has 0 aliphatic heterocycles. The second-order valence-electron chi connectivity index (χ2n) is 3.73. The third-order valence-corrected chi connectivity index (χ3v) is 2.23. The molecule has 5 nitrogen and oxygen atoms in total. The van der Waals surface area contributed by atoms with Crippen molar-refractivity contribution < 1.29 is 18.4 Å². The average Bonchev–Trinajstić information content (AvgIpc) is 2.26. The number of benzene rings is 1. The molecule has 0 saturated carbocycles. The summed E-state index contributed by atoms with van der Waals surface area (Å²) in [5, 5.41) is 2.33. The molecule has 2 amide bonds. The van der Waals surface area contributed by atoms with Crippen LogP contribution < -0.4 is 16.8 Å². The number of rotatable bonds is 5. The van der Waals surface area contributed by atoms with E-state index in [1.807, 2.05) is 0 Å². The second-order valence-corrected chi connectivity index (χ2v) is 3.73. The Morgan fingerprint density at radius 2 is 2.00 bits per heavy atom. The molecule has 0 aromatic heterocycles. The van der Waals surface area contributed by atoms with E-state index in [4.69, 9.17) is 11.5 Å². The summed E-state index contributed by atoms with van der Waals surface area (Å²) >= 11 is 0. The van der Waals surface area contributed by atoms with Crippen LogP contribution in [0.15, 0.2) is 18.2 Å². The number of halogens is 2. The zero-order chi connectivity index (χ0) is 13.7. The standard InChI is InChI=1S/C11H13F2N3O2/c12-7-2-1-6(8(13)3-7)5-16-11(18)9(14)4-10(15)17/h1-3,9H,4-5,14H2,(H2,15,17)(H,16,18). The van der Waals surface area contributed by atoms with Crippen molar-refractivity contribution in [2.24, 2.45) is 11.5 Å². The van der Waals surface area contributed by atoms with E-state index >= 15 is 0 Å². The summed E-state index contributed by atoms with van der Waals surface area (Å²) in [5.41, 5.74) is 10.4. The summed E-state index contributed by atoms with van der Waals surface area (Å²) in [6.45, 7) is -0.141. The van der Waals surface area contributed by atoms with E-state index in [0.717, 1.165) is 6.07 Å². The monoisotopic (exact) mass is 257 g/mol. The van der Waals surface area contributed by atoms with Crippen molar-refractivity contribution in [3.63, 3.8) is 0 Å². The predicted octanol–water partition coefficient (Wildman–Crippen LogP) is -0.216. The maximum atomic E-state index is 13.2. The molecule has 1 unspecified atom stereocenters. The minimum Gasteiger partial charge on any atom is -0.370 e. The van der Waals surface area contributed by atoms with E-state index in [0.29, 0.717) is 6.07 Å². The average molecular weight is 257 g/mol. The molecule has 5 N–H and O–H groups in total. The van der Waals surface area contributed by atoms with Crippen molar-refractivity contribution in [1.82, 2.24) is 5.32 Å². The van der Waals surface area contributed by atoms with Gasteiger partial charge in [0.15, 0.2) is 0 Å². The molecule has 98 valence electrons. The predicted molar refractivity (Wildman–Crippen MR) is 60.0 cm³/mol. The van der Waals surface area contributed by atoms with Gasteiger partial charge in [0.1, 0.15) is 11.6 Å². The van der Waals surface area contributed by atoms with Crippen LogP contribution in [0.25, 0.3) is 0 Å². The van der Waals surface area contributed by atoms with Crippen LogP contribution in [0.3, 0.4) is 0 Å². The summed E-state index contributed by atoms with van der Waals surface area (Å²) in [5.74, 6) is -2.80. The Morgan fingerprint density at radius 1 is 1.33 bits per heavy atom. The van der Waals surface area contributed by atoms with Gasteiger partial charge in [-0.1, -0.05) is 6.07 Å². The van der Waals surface area contributed by atoms with Gasteiger partial charge >= 0.3 is 0 Å². The van der Waals surface area contributed by atoms with Gasteiger partial charge in [-0.25, -0.2) is 8.78 Å². The Kier molecular flexibility index (Phi) is 4.73. The van der Waals surface area contributed by atoms with Crippen molar-refractivity contribution in [2.45, 2.75) is 19.0 Å². The van der Waals surface area contributed by atoms with Crippen LogP contribution in [0.5, 0.6) is 0 Å². The first kappa shape index (κ1) is 14.0. The quantitative estimate of drug-likeness (QED) is 0.680. The van der Waals surface area contributed by atoms with E-state index in [1.165, 1.54) is 6.07 Å². The lowest BCUT2D eigenvalue weighted by atomic mass is 10.1. The fraction of sp³-hybridized carbons (Fsp3) is 0.273. The molecule has 1 aromatic rings. The van der Waals surface area contributed by atoms with Gasteiger partial charge in [-0.2, -0.15) is 0 Å². The number of primary amides is 1. The second kappa shape index (κ2) is 6.06. The SMILES string of the molecule is NC(=O)CC(N)C(=O)NCc1ccc(F)cc1F. The molecule has 1 atom stereocenters. The molecule has 7 heteroatoms. The molecule has 0 fully saturated rings. The summed E-state index contributed by atoms with van der Waals surface area (Å²) in [6.07, 6.45) is -0.294. The highest BCUT2D eigenvalue weighted by molar-refractivity contribution is 5.87. The first-order chi connectivity index (χ1) is 8.40. The molecule has 0 aliphatic carbocycles. The van der Waals surface area contributed by atoms with Crippen LogP contribution in [0.1, 0.15) is 12.0 Å². The minimum absolute atomic E-state index is 0.121. The van der Waals surface area contributed by atoms with Crippen molar-refractivity contribution in [3.05, 3.63) is 35.4 Å². The Balaban J connectivity index is 2.54. The number of nitrogens with one attached hydrogen (secondary N) is 1. The molecular formula is C11H13F2N3O2. The van der Waals surface area contributed by atoms with Crippen LogP contribution >= 0.6 is 0 Å². The highest BCUT2D eigenvalue weighted by Crippen LogP contribution is 2.09. The number of carbonyl (C=O) groups is 2. The lowest BCUT2D eigenvalue weighted by Crippen LogP contribution is -2.42. The van der Waals surface area contributed by atoms with Crippen LogP contribution in [0.4, 0.5) is 8.78 Å². The first-order valence-electron chi connectivity index (χ1n) is 5.15.